The Bertz CT molecular complexity index is 2490. The van der Waals surface area contributed by atoms with Gasteiger partial charge < -0.3 is 71.5 Å². The first kappa shape index (κ1) is 65.1. The van der Waals surface area contributed by atoms with Crippen molar-refractivity contribution in [3.8, 4) is 17.2 Å². The number of ketones is 1. The molecule has 5 rings (SSSR count). The van der Waals surface area contributed by atoms with E-state index >= 15 is 0 Å². The van der Waals surface area contributed by atoms with Crippen LogP contribution in [0.4, 0.5) is 0 Å². The molecule has 3 unspecified atom stereocenters. The molecule has 0 saturated heterocycles. The van der Waals surface area contributed by atoms with E-state index < -0.39 is 5.97 Å². The zero-order chi connectivity index (χ0) is 56.8. The molecule has 4 bridgehead atoms. The van der Waals surface area contributed by atoms with E-state index in [4.69, 9.17) is 71.5 Å². The number of carbonyl (C=O) groups is 2. The van der Waals surface area contributed by atoms with Crippen LogP contribution >= 0.6 is 15.9 Å². The summed E-state index contributed by atoms with van der Waals surface area (Å²) in [5.41, 5.74) is 6.86. The molecule has 2 N–H and O–H groups in total. The number of H-pyrrole nitrogens is 2. The van der Waals surface area contributed by atoms with E-state index in [1.807, 2.05) is 19.1 Å². The molecule has 3 heterocycles. The summed E-state index contributed by atoms with van der Waals surface area (Å²) in [5.74, 6) is 0.861. The molecule has 1 aromatic heterocycles. The number of hydrogen-bond acceptors (Lipinski definition) is 17. The van der Waals surface area contributed by atoms with Crippen molar-refractivity contribution in [1.29, 1.82) is 0 Å². The van der Waals surface area contributed by atoms with Gasteiger partial charge in [-0.2, -0.15) is 0 Å². The molecule has 20 heteroatoms. The first-order valence-corrected chi connectivity index (χ1v) is 28.5. The molecule has 3 aliphatic rings. The topological polar surface area (TPSA) is 211 Å². The Morgan fingerprint density at radius 3 is 1.71 bits per heavy atom. The van der Waals surface area contributed by atoms with Gasteiger partial charge in [-0.05, 0) is 71.9 Å². The van der Waals surface area contributed by atoms with Gasteiger partial charge in [0.05, 0.1) is 115 Å². The molecular weight excluding hydrogens is 1080 g/mol. The van der Waals surface area contributed by atoms with E-state index in [0.717, 1.165) is 56.0 Å². The summed E-state index contributed by atoms with van der Waals surface area (Å²) < 4.78 is 74.8. The number of nitrogens with one attached hydrogen (secondary N) is 2. The van der Waals surface area contributed by atoms with Crippen molar-refractivity contribution in [3.05, 3.63) is 84.7 Å². The summed E-state index contributed by atoms with van der Waals surface area (Å²) >= 11 is 3.93. The van der Waals surface area contributed by atoms with Crippen LogP contribution in [0.2, 0.25) is 0 Å². The van der Waals surface area contributed by atoms with Crippen molar-refractivity contribution in [3.63, 3.8) is 0 Å². The van der Waals surface area contributed by atoms with E-state index in [1.165, 1.54) is 0 Å². The molecule has 1 aliphatic carbocycles. The minimum absolute atomic E-state index is 0.0836. The number of esters is 1. The Morgan fingerprint density at radius 1 is 0.658 bits per heavy atom. The van der Waals surface area contributed by atoms with Gasteiger partial charge in [0.2, 0.25) is 5.75 Å². The minimum Gasteiger partial charge on any atom is -0.487 e. The SMILES string of the molecule is C=c1cc2nc(cc(CC)[nH]c3c(c4nc(c(Br)/c(=C\C)[nH]1)[C@@H](C)C4CCC(=O)OCc1cc(OCCOCCOCCOC)c(OCCOCCOCCOC)c(OCCOCCOCCOC)c1)CC(=O)C3)C(CC)C2C. The number of nitrogens with zero attached hydrogens (tertiary/aromatic N) is 2. The molecule has 19 nitrogen and oxygen atoms in total. The van der Waals surface area contributed by atoms with Crippen LogP contribution < -0.4 is 24.9 Å². The second-order valence-corrected chi connectivity index (χ2v) is 20.0. The number of Topliss-reactive ketones (excluding diaryl/α,β-unsaturated/α-hetero) is 1. The predicted molar refractivity (Wildman–Crippen MR) is 303 cm³/mol. The maximum absolute atomic E-state index is 14.0. The largest absolute Gasteiger partial charge is 0.487 e. The van der Waals surface area contributed by atoms with Crippen LogP contribution in [0.3, 0.4) is 0 Å². The van der Waals surface area contributed by atoms with Gasteiger partial charge in [-0.3, -0.25) is 19.6 Å². The van der Waals surface area contributed by atoms with Gasteiger partial charge in [0.15, 0.2) is 11.5 Å². The standard InChI is InChI=1S/C59H87BrN4O15/c1-10-44-36-51-46(11-2)41(5)50(63-51)33-40(4)61-49(12-3)56(60)57-42(6)47(58(64-57)48-37-45(65)38-52(48)62-44)13-14-55(66)79-39-43-34-53(76-30-27-73-24-21-70-18-15-67-7)59(78-32-29-75-26-23-72-20-17-69-9)54(35-43)77-31-28-74-25-22-71-19-16-68-8/h12,33-36,41-42,46-47,61-62H,4,10-11,13-32,37-39H2,1-3,5-9H3/b44-36?,49-12+,50-33?,57-56?/t41?,42-,46?,47?/m0/s1. The lowest BCUT2D eigenvalue weighted by Gasteiger charge is -2.19. The van der Waals surface area contributed by atoms with E-state index in [9.17, 15) is 9.59 Å². The fourth-order valence-electron chi connectivity index (χ4n) is 9.34. The van der Waals surface area contributed by atoms with Crippen LogP contribution in [0.5, 0.6) is 17.2 Å². The van der Waals surface area contributed by atoms with Crippen LogP contribution in [0.1, 0.15) is 123 Å². The van der Waals surface area contributed by atoms with Crippen LogP contribution in [0.25, 0.3) is 12.7 Å². The molecule has 0 spiro atoms. The molecular formula is C59H87BrN4O15. The third kappa shape index (κ3) is 21.3. The number of methoxy groups -OCH3 is 3. The zero-order valence-electron chi connectivity index (χ0n) is 48.0. The first-order valence-electron chi connectivity index (χ1n) is 27.7. The van der Waals surface area contributed by atoms with Crippen molar-refractivity contribution < 1.29 is 71.2 Å². The van der Waals surface area contributed by atoms with E-state index in [1.54, 1.807) is 33.5 Å². The highest BCUT2D eigenvalue weighted by Gasteiger charge is 2.36. The summed E-state index contributed by atoms with van der Waals surface area (Å²) in [4.78, 5) is 45.1. The summed E-state index contributed by atoms with van der Waals surface area (Å²) in [6.45, 7) is 21.4. The lowest BCUT2D eigenvalue weighted by Crippen LogP contribution is -2.18. The zero-order valence-corrected chi connectivity index (χ0v) is 49.6. The first-order chi connectivity index (χ1) is 38.5. The number of halogens is 1. The number of aryl methyl sites for hydroxylation is 1. The van der Waals surface area contributed by atoms with E-state index in [-0.39, 0.29) is 95.0 Å². The Hall–Kier alpha value is -4.74. The molecule has 2 aliphatic heterocycles. The summed E-state index contributed by atoms with van der Waals surface area (Å²) in [7, 11) is 4.87. The van der Waals surface area contributed by atoms with Crippen LogP contribution in [0, 0.1) is 0 Å². The number of rotatable bonds is 37. The van der Waals surface area contributed by atoms with Crippen LogP contribution in [-0.2, 0) is 82.8 Å². The predicted octanol–water partition coefficient (Wildman–Crippen LogP) is 7.22. The lowest BCUT2D eigenvalue weighted by atomic mass is 9.85. The Labute approximate surface area is 475 Å². The van der Waals surface area contributed by atoms with Gasteiger partial charge in [0.25, 0.3) is 0 Å². The average molecular weight is 1170 g/mol. The second-order valence-electron chi connectivity index (χ2n) is 19.2. The van der Waals surface area contributed by atoms with Gasteiger partial charge in [-0.15, -0.1) is 0 Å². The Kier molecular flexibility index (Phi) is 30.1. The number of aromatic nitrogens is 4. The molecule has 0 amide bonds. The summed E-state index contributed by atoms with van der Waals surface area (Å²) in [6.07, 6.45) is 4.62. The molecule has 4 atom stereocenters. The number of carbonyl (C=O) groups excluding carboxylic acids is 2. The van der Waals surface area contributed by atoms with Crippen molar-refractivity contribution in [1.82, 2.24) is 19.9 Å². The number of ether oxygens (including phenoxy) is 13. The monoisotopic (exact) mass is 1170 g/mol. The van der Waals surface area contributed by atoms with Crippen molar-refractivity contribution in [2.24, 2.45) is 0 Å². The van der Waals surface area contributed by atoms with Gasteiger partial charge in [0, 0.05) is 104 Å². The van der Waals surface area contributed by atoms with Crippen LogP contribution in [-0.4, -0.2) is 172 Å². The highest BCUT2D eigenvalue weighted by Crippen LogP contribution is 2.44. The number of fused-ring (bicyclic) bond motifs is 6. The molecule has 1 aromatic carbocycles. The Balaban J connectivity index is 1.41. The van der Waals surface area contributed by atoms with Crippen molar-refractivity contribution >= 4 is 40.3 Å². The highest BCUT2D eigenvalue weighted by molar-refractivity contribution is 9.10. The van der Waals surface area contributed by atoms with Gasteiger partial charge in [-0.1, -0.05) is 40.3 Å². The normalized spacial score (nSPS) is 16.9. The third-order valence-corrected chi connectivity index (χ3v) is 14.4. The average Bonchev–Trinajstić information content (AvgIpc) is 4.10. The van der Waals surface area contributed by atoms with Gasteiger partial charge in [0.1, 0.15) is 32.2 Å². The lowest BCUT2D eigenvalue weighted by molar-refractivity contribution is -0.145. The van der Waals surface area contributed by atoms with Gasteiger partial charge in [-0.25, -0.2) is 0 Å². The fraction of sp³-hybridized carbons (Fsp3) is 0.627. The van der Waals surface area contributed by atoms with Crippen molar-refractivity contribution in [2.45, 2.75) is 103 Å². The van der Waals surface area contributed by atoms with Crippen molar-refractivity contribution in [2.75, 3.05) is 140 Å². The minimum atomic E-state index is -0.404. The van der Waals surface area contributed by atoms with Gasteiger partial charge >= 0.3 is 5.97 Å². The molecule has 0 radical (unpaired) electrons. The molecule has 0 fully saturated rings. The van der Waals surface area contributed by atoms with E-state index in [2.05, 4.69) is 66.2 Å². The Morgan fingerprint density at radius 2 is 1.19 bits per heavy atom. The summed E-state index contributed by atoms with van der Waals surface area (Å²) in [5, 5.41) is 1.50. The third-order valence-electron chi connectivity index (χ3n) is 13.6. The summed E-state index contributed by atoms with van der Waals surface area (Å²) in [6, 6.07) is 7.72. The molecule has 0 saturated carbocycles. The number of aromatic amines is 2. The maximum atomic E-state index is 14.0. The number of hydrogen-bond donors (Lipinski definition) is 2. The number of benzene rings is 1. The second kappa shape index (κ2) is 36.6. The smallest absolute Gasteiger partial charge is 0.306 e. The highest BCUT2D eigenvalue weighted by atomic mass is 79.9. The fourth-order valence-corrected chi connectivity index (χ4v) is 10.1. The molecule has 440 valence electrons. The molecule has 2 aromatic rings. The quantitative estimate of drug-likeness (QED) is 0.0505. The molecule has 79 heavy (non-hydrogen) atoms. The van der Waals surface area contributed by atoms with Crippen LogP contribution in [0.15, 0.2) is 28.7 Å². The maximum Gasteiger partial charge on any atom is 0.306 e. The van der Waals surface area contributed by atoms with E-state index in [0.29, 0.717) is 120 Å².